The Morgan fingerprint density at radius 3 is 2.90 bits per heavy atom. The topological polar surface area (TPSA) is 102 Å². The van der Waals surface area contributed by atoms with Crippen LogP contribution in [0.15, 0.2) is 18.2 Å². The van der Waals surface area contributed by atoms with Gasteiger partial charge in [0.25, 0.3) is 5.91 Å². The number of phenolic OH excluding ortho intramolecular Hbond substituents is 1. The van der Waals surface area contributed by atoms with E-state index in [1.54, 1.807) is 0 Å². The summed E-state index contributed by atoms with van der Waals surface area (Å²) in [5, 5.41) is 22.9. The van der Waals surface area contributed by atoms with E-state index in [1.165, 1.54) is 6.07 Å². The molecule has 2 N–H and O–H groups in total. The number of ether oxygens (including phenoxy) is 1. The van der Waals surface area contributed by atoms with Crippen molar-refractivity contribution in [2.75, 3.05) is 13.2 Å². The Hall–Kier alpha value is -2.15. The van der Waals surface area contributed by atoms with Crippen LogP contribution in [0.25, 0.3) is 0 Å². The Balaban J connectivity index is 2.05. The van der Waals surface area contributed by atoms with E-state index < -0.39 is 16.4 Å². The van der Waals surface area contributed by atoms with Crippen molar-refractivity contribution in [2.45, 2.75) is 19.4 Å². The number of rotatable bonds is 4. The van der Waals surface area contributed by atoms with Crippen molar-refractivity contribution < 1.29 is 19.6 Å². The number of nitrogens with zero attached hydrogens (tertiary/aromatic N) is 1. The quantitative estimate of drug-likeness (QED) is 0.642. The lowest BCUT2D eigenvalue weighted by atomic mass is 10.0. The molecule has 1 aliphatic heterocycles. The van der Waals surface area contributed by atoms with Gasteiger partial charge in [-0.1, -0.05) is 0 Å². The normalized spacial score (nSPS) is 19.6. The molecule has 1 aromatic rings. The van der Waals surface area contributed by atoms with E-state index in [0.29, 0.717) is 13.2 Å². The van der Waals surface area contributed by atoms with Crippen LogP contribution in [0.5, 0.6) is 5.75 Å². The van der Waals surface area contributed by atoms with Crippen molar-refractivity contribution in [1.82, 2.24) is 5.32 Å². The largest absolute Gasteiger partial charge is 0.502 e. The first-order valence-electron chi connectivity index (χ1n) is 6.35. The average Bonchev–Trinajstić information content (AvgIpc) is 2.91. The van der Waals surface area contributed by atoms with Crippen molar-refractivity contribution in [3.05, 3.63) is 33.9 Å². The highest BCUT2D eigenvalue weighted by Gasteiger charge is 2.24. The summed E-state index contributed by atoms with van der Waals surface area (Å²) in [7, 11) is 0. The van der Waals surface area contributed by atoms with Gasteiger partial charge in [0, 0.05) is 30.2 Å². The number of nitrogens with one attached hydrogen (secondary N) is 1. The van der Waals surface area contributed by atoms with Gasteiger partial charge < -0.3 is 15.2 Å². The van der Waals surface area contributed by atoms with Crippen molar-refractivity contribution in [1.29, 1.82) is 0 Å². The van der Waals surface area contributed by atoms with E-state index in [4.69, 9.17) is 4.74 Å². The maximum absolute atomic E-state index is 12.0. The molecule has 2 atom stereocenters. The maximum atomic E-state index is 12.0. The molecule has 2 rings (SSSR count). The summed E-state index contributed by atoms with van der Waals surface area (Å²) in [6.07, 6.45) is 0.896. The number of carbonyl (C=O) groups is 1. The van der Waals surface area contributed by atoms with E-state index >= 15 is 0 Å². The molecule has 108 valence electrons. The van der Waals surface area contributed by atoms with Crippen LogP contribution in [0.4, 0.5) is 5.69 Å². The highest BCUT2D eigenvalue weighted by atomic mass is 16.6. The molecule has 7 nitrogen and oxygen atoms in total. The molecule has 1 aromatic carbocycles. The molecule has 7 heteroatoms. The van der Waals surface area contributed by atoms with Gasteiger partial charge in [-0.15, -0.1) is 0 Å². The van der Waals surface area contributed by atoms with Gasteiger partial charge >= 0.3 is 5.69 Å². The van der Waals surface area contributed by atoms with Crippen molar-refractivity contribution >= 4 is 11.6 Å². The van der Waals surface area contributed by atoms with Crippen molar-refractivity contribution in [3.8, 4) is 5.75 Å². The number of hydrogen-bond acceptors (Lipinski definition) is 5. The van der Waals surface area contributed by atoms with Crippen LogP contribution in [-0.4, -0.2) is 35.2 Å². The fourth-order valence-corrected chi connectivity index (χ4v) is 2.17. The monoisotopic (exact) mass is 280 g/mol. The smallest absolute Gasteiger partial charge is 0.310 e. The zero-order valence-corrected chi connectivity index (χ0v) is 11.0. The standard InChI is InChI=1S/C13H16N2O5/c1-8(10-4-5-20-7-10)14-13(17)9-2-3-11(15(18)19)12(16)6-9/h2-3,6,8,10,16H,4-5,7H2,1H3,(H,14,17). The third-order valence-corrected chi connectivity index (χ3v) is 3.47. The molecule has 0 bridgehead atoms. The molecule has 1 saturated heterocycles. The second-order valence-electron chi connectivity index (χ2n) is 4.85. The van der Waals surface area contributed by atoms with Gasteiger partial charge in [0.15, 0.2) is 5.75 Å². The van der Waals surface area contributed by atoms with E-state index in [-0.39, 0.29) is 23.4 Å². The van der Waals surface area contributed by atoms with Gasteiger partial charge in [-0.3, -0.25) is 14.9 Å². The molecule has 1 heterocycles. The lowest BCUT2D eigenvalue weighted by Gasteiger charge is -2.19. The second-order valence-corrected chi connectivity index (χ2v) is 4.85. The zero-order chi connectivity index (χ0) is 14.7. The molecule has 0 aromatic heterocycles. The van der Waals surface area contributed by atoms with E-state index in [9.17, 15) is 20.0 Å². The maximum Gasteiger partial charge on any atom is 0.310 e. The number of hydrogen-bond donors (Lipinski definition) is 2. The molecule has 0 saturated carbocycles. The van der Waals surface area contributed by atoms with Gasteiger partial charge in [0.05, 0.1) is 11.5 Å². The second kappa shape index (κ2) is 5.87. The van der Waals surface area contributed by atoms with E-state index in [0.717, 1.165) is 18.6 Å². The van der Waals surface area contributed by atoms with Crippen molar-refractivity contribution in [2.24, 2.45) is 5.92 Å². The lowest BCUT2D eigenvalue weighted by molar-refractivity contribution is -0.385. The predicted molar refractivity (Wildman–Crippen MR) is 70.6 cm³/mol. The fraction of sp³-hybridized carbons (Fsp3) is 0.462. The minimum absolute atomic E-state index is 0.0534. The molecule has 1 fully saturated rings. The van der Waals surface area contributed by atoms with Gasteiger partial charge in [0.2, 0.25) is 0 Å². The third-order valence-electron chi connectivity index (χ3n) is 3.47. The number of carbonyl (C=O) groups excluding carboxylic acids is 1. The summed E-state index contributed by atoms with van der Waals surface area (Å²) >= 11 is 0. The molecule has 0 aliphatic carbocycles. The van der Waals surface area contributed by atoms with Crippen LogP contribution in [0.1, 0.15) is 23.7 Å². The number of benzene rings is 1. The number of nitro groups is 1. The number of phenols is 1. The highest BCUT2D eigenvalue weighted by Crippen LogP contribution is 2.26. The number of nitro benzene ring substituents is 1. The predicted octanol–water partition coefficient (Wildman–Crippen LogP) is 1.46. The molecule has 20 heavy (non-hydrogen) atoms. The highest BCUT2D eigenvalue weighted by molar-refractivity contribution is 5.95. The van der Waals surface area contributed by atoms with E-state index in [2.05, 4.69) is 5.32 Å². The minimum atomic E-state index is -0.699. The minimum Gasteiger partial charge on any atom is -0.502 e. The number of amides is 1. The molecule has 1 aliphatic rings. The van der Waals surface area contributed by atoms with Gasteiger partial charge in [0.1, 0.15) is 0 Å². The Labute approximate surface area is 115 Å². The summed E-state index contributed by atoms with van der Waals surface area (Å²) in [4.78, 5) is 21.9. The molecule has 0 radical (unpaired) electrons. The average molecular weight is 280 g/mol. The van der Waals surface area contributed by atoms with Crippen LogP contribution in [0, 0.1) is 16.0 Å². The Kier molecular flexibility index (Phi) is 4.19. The fourth-order valence-electron chi connectivity index (χ4n) is 2.17. The Bertz CT molecular complexity index is 525. The first kappa shape index (κ1) is 14.3. The van der Waals surface area contributed by atoms with Gasteiger partial charge in [-0.2, -0.15) is 0 Å². The van der Waals surface area contributed by atoms with Crippen LogP contribution >= 0.6 is 0 Å². The number of aromatic hydroxyl groups is 1. The van der Waals surface area contributed by atoms with Crippen LogP contribution in [-0.2, 0) is 4.74 Å². The van der Waals surface area contributed by atoms with Crippen LogP contribution in [0.2, 0.25) is 0 Å². The molecule has 2 unspecified atom stereocenters. The summed E-state index contributed by atoms with van der Waals surface area (Å²) in [6.45, 7) is 3.21. The zero-order valence-electron chi connectivity index (χ0n) is 11.0. The molecular formula is C13H16N2O5. The lowest BCUT2D eigenvalue weighted by Crippen LogP contribution is -2.38. The molecular weight excluding hydrogens is 264 g/mol. The van der Waals surface area contributed by atoms with Crippen molar-refractivity contribution in [3.63, 3.8) is 0 Å². The van der Waals surface area contributed by atoms with Crippen LogP contribution in [0.3, 0.4) is 0 Å². The van der Waals surface area contributed by atoms with E-state index in [1.807, 2.05) is 6.92 Å². The molecule has 1 amide bonds. The SMILES string of the molecule is CC(NC(=O)c1ccc([N+](=O)[O-])c(O)c1)C1CCOC1. The summed E-state index contributed by atoms with van der Waals surface area (Å²) in [5.74, 6) is -0.611. The van der Waals surface area contributed by atoms with Crippen LogP contribution < -0.4 is 5.32 Å². The summed E-state index contributed by atoms with van der Waals surface area (Å²) in [5.41, 5.74) is -0.224. The summed E-state index contributed by atoms with van der Waals surface area (Å²) in [6, 6.07) is 3.49. The van der Waals surface area contributed by atoms with Gasteiger partial charge in [-0.25, -0.2) is 0 Å². The molecule has 0 spiro atoms. The first-order valence-corrected chi connectivity index (χ1v) is 6.35. The van der Waals surface area contributed by atoms with Gasteiger partial charge in [-0.05, 0) is 25.5 Å². The third kappa shape index (κ3) is 3.05. The Morgan fingerprint density at radius 2 is 2.35 bits per heavy atom. The Morgan fingerprint density at radius 1 is 1.60 bits per heavy atom. The first-order chi connectivity index (χ1) is 9.49. The summed E-state index contributed by atoms with van der Waals surface area (Å²) < 4.78 is 5.26.